The summed E-state index contributed by atoms with van der Waals surface area (Å²) in [6.07, 6.45) is 1.17. The standard InChI is InChI=1S/C25H32N4O4.2ClH/c26-24(28-25(31)32)23-21-14-20(7-6-18(21)8-11-27-23)33-16-17-9-12-29(13-10-17)15-22(30)19-4-2-1-3-5-19;;/h1-7,14,17,22-23,27,30H,8-13,15-16H2,(H2,26,28)(H,31,32);2*1H. The monoisotopic (exact) mass is 524 g/mol. The molecule has 8 nitrogen and oxygen atoms in total. The number of aliphatic hydroxyl groups is 1. The molecular weight excluding hydrogens is 491 g/mol. The summed E-state index contributed by atoms with van der Waals surface area (Å²) in [5.41, 5.74) is 2.95. The number of carboxylic acid groups (broad SMARTS) is 1. The van der Waals surface area contributed by atoms with Gasteiger partial charge in [0.2, 0.25) is 0 Å². The number of rotatable bonds is 7. The van der Waals surface area contributed by atoms with Gasteiger partial charge in [0.15, 0.2) is 0 Å². The third kappa shape index (κ3) is 7.81. The second kappa shape index (κ2) is 13.7. The van der Waals surface area contributed by atoms with Crippen LogP contribution in [0.2, 0.25) is 0 Å². The highest BCUT2D eigenvalue weighted by Gasteiger charge is 2.26. The van der Waals surface area contributed by atoms with E-state index in [-0.39, 0.29) is 30.6 Å². The van der Waals surface area contributed by atoms with E-state index in [2.05, 4.69) is 15.5 Å². The second-order valence-corrected chi connectivity index (χ2v) is 8.82. The van der Waals surface area contributed by atoms with E-state index in [1.807, 2.05) is 48.5 Å². The summed E-state index contributed by atoms with van der Waals surface area (Å²) in [6.45, 7) is 3.83. The van der Waals surface area contributed by atoms with Crippen LogP contribution in [-0.4, -0.2) is 59.8 Å². The fourth-order valence-electron chi connectivity index (χ4n) is 4.64. The Hall–Kier alpha value is -2.36. The highest BCUT2D eigenvalue weighted by atomic mass is 35.5. The van der Waals surface area contributed by atoms with E-state index >= 15 is 0 Å². The summed E-state index contributed by atoms with van der Waals surface area (Å²) < 4.78 is 6.10. The Bertz CT molecular complexity index is 971. The molecule has 1 fully saturated rings. The minimum atomic E-state index is -1.23. The largest absolute Gasteiger partial charge is 0.493 e. The molecule has 2 unspecified atom stereocenters. The Morgan fingerprint density at radius 2 is 1.89 bits per heavy atom. The average molecular weight is 525 g/mol. The fourth-order valence-corrected chi connectivity index (χ4v) is 4.64. The molecule has 0 aliphatic carbocycles. The summed E-state index contributed by atoms with van der Waals surface area (Å²) in [4.78, 5) is 13.3. The Morgan fingerprint density at radius 3 is 2.57 bits per heavy atom. The van der Waals surface area contributed by atoms with Crippen LogP contribution in [0.5, 0.6) is 5.75 Å². The van der Waals surface area contributed by atoms with Crippen LogP contribution in [0, 0.1) is 11.3 Å². The molecule has 0 radical (unpaired) electrons. The van der Waals surface area contributed by atoms with E-state index in [1.54, 1.807) is 0 Å². The Balaban J connectivity index is 0.00000216. The summed E-state index contributed by atoms with van der Waals surface area (Å²) in [5, 5.41) is 32.9. The zero-order valence-corrected chi connectivity index (χ0v) is 21.1. The number of piperidine rings is 1. The topological polar surface area (TPSA) is 118 Å². The van der Waals surface area contributed by atoms with Gasteiger partial charge >= 0.3 is 6.09 Å². The molecule has 0 aromatic heterocycles. The fraction of sp³-hybridized carbons (Fsp3) is 0.440. The van der Waals surface area contributed by atoms with Gasteiger partial charge in [-0.3, -0.25) is 10.7 Å². The molecule has 2 atom stereocenters. The zero-order valence-electron chi connectivity index (χ0n) is 19.5. The molecule has 0 bridgehead atoms. The van der Waals surface area contributed by atoms with Crippen LogP contribution in [0.1, 0.15) is 41.7 Å². The average Bonchev–Trinajstić information content (AvgIpc) is 2.83. The number of likely N-dealkylation sites (tertiary alicyclic amines) is 1. The molecule has 5 N–H and O–H groups in total. The molecule has 2 heterocycles. The maximum Gasteiger partial charge on any atom is 0.410 e. The quantitative estimate of drug-likeness (QED) is 0.278. The van der Waals surface area contributed by atoms with Gasteiger partial charge in [0.05, 0.1) is 18.8 Å². The first-order chi connectivity index (χ1) is 16.0. The van der Waals surface area contributed by atoms with Crippen LogP contribution in [0.15, 0.2) is 48.5 Å². The molecular formula is C25H34Cl2N4O4. The normalized spacial score (nSPS) is 18.8. The van der Waals surface area contributed by atoms with Crippen LogP contribution in [0.3, 0.4) is 0 Å². The lowest BCUT2D eigenvalue weighted by Crippen LogP contribution is -2.42. The van der Waals surface area contributed by atoms with E-state index in [0.29, 0.717) is 25.6 Å². The summed E-state index contributed by atoms with van der Waals surface area (Å²) in [6, 6.07) is 15.2. The van der Waals surface area contributed by atoms with Crippen molar-refractivity contribution in [3.05, 3.63) is 65.2 Å². The maximum atomic E-state index is 10.9. The lowest BCUT2D eigenvalue weighted by Gasteiger charge is -2.33. The number of nitrogens with one attached hydrogen (secondary N) is 3. The Kier molecular flexibility index (Phi) is 11.3. The lowest BCUT2D eigenvalue weighted by molar-refractivity contribution is 0.0793. The van der Waals surface area contributed by atoms with Crippen LogP contribution in [0.25, 0.3) is 0 Å². The van der Waals surface area contributed by atoms with E-state index in [1.165, 1.54) is 0 Å². The van der Waals surface area contributed by atoms with Crippen molar-refractivity contribution >= 4 is 36.7 Å². The number of amidine groups is 1. The molecule has 2 aliphatic heterocycles. The highest BCUT2D eigenvalue weighted by molar-refractivity contribution is 5.97. The number of amides is 1. The number of fused-ring (bicyclic) bond motifs is 1. The van der Waals surface area contributed by atoms with E-state index < -0.39 is 18.2 Å². The first kappa shape index (κ1) is 28.9. The minimum Gasteiger partial charge on any atom is -0.493 e. The Labute approximate surface area is 218 Å². The molecule has 0 spiro atoms. The van der Waals surface area contributed by atoms with Gasteiger partial charge in [-0.25, -0.2) is 4.79 Å². The molecule has 2 aliphatic rings. The summed E-state index contributed by atoms with van der Waals surface area (Å²) in [5.74, 6) is 1.12. The van der Waals surface area contributed by atoms with Gasteiger partial charge in [-0.15, -0.1) is 24.8 Å². The molecule has 1 amide bonds. The molecule has 4 rings (SSSR count). The molecule has 0 saturated carbocycles. The number of nitrogens with zero attached hydrogens (tertiary/aromatic N) is 1. The number of halogens is 2. The third-order valence-corrected chi connectivity index (χ3v) is 6.51. The SMILES string of the molecule is Cl.Cl.N=C(NC(=O)O)C1NCCc2ccc(OCC3CCN(CC(O)c4ccccc4)CC3)cc21. The van der Waals surface area contributed by atoms with Gasteiger partial charge in [-0.05, 0) is 67.1 Å². The smallest absolute Gasteiger partial charge is 0.410 e. The van der Waals surface area contributed by atoms with Gasteiger partial charge in [0.25, 0.3) is 0 Å². The van der Waals surface area contributed by atoms with E-state index in [0.717, 1.165) is 54.8 Å². The molecule has 2 aromatic rings. The van der Waals surface area contributed by atoms with Crippen molar-refractivity contribution in [3.63, 3.8) is 0 Å². The lowest BCUT2D eigenvalue weighted by atomic mass is 9.93. The van der Waals surface area contributed by atoms with Crippen LogP contribution in [-0.2, 0) is 6.42 Å². The number of benzene rings is 2. The molecule has 35 heavy (non-hydrogen) atoms. The predicted molar refractivity (Wildman–Crippen MR) is 140 cm³/mol. The predicted octanol–water partition coefficient (Wildman–Crippen LogP) is 3.79. The molecule has 1 saturated heterocycles. The first-order valence-electron chi connectivity index (χ1n) is 11.5. The van der Waals surface area contributed by atoms with Crippen LogP contribution >= 0.6 is 24.8 Å². The van der Waals surface area contributed by atoms with Crippen molar-refractivity contribution in [1.29, 1.82) is 5.41 Å². The number of ether oxygens (including phenoxy) is 1. The van der Waals surface area contributed by atoms with Gasteiger partial charge in [0, 0.05) is 13.1 Å². The second-order valence-electron chi connectivity index (χ2n) is 8.82. The molecule has 10 heteroatoms. The van der Waals surface area contributed by atoms with Crippen LogP contribution in [0.4, 0.5) is 4.79 Å². The van der Waals surface area contributed by atoms with E-state index in [9.17, 15) is 9.90 Å². The highest BCUT2D eigenvalue weighted by Crippen LogP contribution is 2.29. The van der Waals surface area contributed by atoms with Crippen molar-refractivity contribution in [2.45, 2.75) is 31.4 Å². The first-order valence-corrected chi connectivity index (χ1v) is 11.5. The van der Waals surface area contributed by atoms with Crippen LogP contribution < -0.4 is 15.4 Å². The number of hydrogen-bond donors (Lipinski definition) is 5. The summed E-state index contributed by atoms with van der Waals surface area (Å²) in [7, 11) is 0. The van der Waals surface area contributed by atoms with E-state index in [4.69, 9.17) is 15.3 Å². The van der Waals surface area contributed by atoms with Crippen molar-refractivity contribution in [2.75, 3.05) is 32.8 Å². The molecule has 2 aromatic carbocycles. The number of β-amino-alcohol motifs (C(OH)–C–C–N with tert-alkyl or cyclic N) is 1. The number of hydrogen-bond acceptors (Lipinski definition) is 6. The summed E-state index contributed by atoms with van der Waals surface area (Å²) >= 11 is 0. The van der Waals surface area contributed by atoms with Gasteiger partial charge in [-0.2, -0.15) is 0 Å². The third-order valence-electron chi connectivity index (χ3n) is 6.51. The van der Waals surface area contributed by atoms with Crippen molar-refractivity contribution in [1.82, 2.24) is 15.5 Å². The van der Waals surface area contributed by atoms with Crippen molar-refractivity contribution in [2.24, 2.45) is 5.92 Å². The number of carbonyl (C=O) groups is 1. The number of aliphatic hydroxyl groups excluding tert-OH is 1. The zero-order chi connectivity index (χ0) is 23.2. The Morgan fingerprint density at radius 1 is 1.17 bits per heavy atom. The van der Waals surface area contributed by atoms with Crippen molar-refractivity contribution in [3.8, 4) is 5.75 Å². The van der Waals surface area contributed by atoms with Gasteiger partial charge < -0.3 is 25.2 Å². The maximum absolute atomic E-state index is 10.9. The van der Waals surface area contributed by atoms with Crippen molar-refractivity contribution < 1.29 is 19.7 Å². The van der Waals surface area contributed by atoms with Gasteiger partial charge in [-0.1, -0.05) is 36.4 Å². The minimum absolute atomic E-state index is 0. The van der Waals surface area contributed by atoms with Gasteiger partial charge in [0.1, 0.15) is 11.6 Å². The molecule has 192 valence electrons.